The van der Waals surface area contributed by atoms with Crippen LogP contribution in [0.1, 0.15) is 33.6 Å². The molecular formula is C10H20N2O2. The smallest absolute Gasteiger partial charge is 0.239 e. The van der Waals surface area contributed by atoms with Crippen molar-refractivity contribution in [2.45, 2.75) is 51.3 Å². The molecule has 0 radical (unpaired) electrons. The Morgan fingerprint density at radius 3 is 2.71 bits per heavy atom. The normalized spacial score (nSPS) is 24.7. The first kappa shape index (κ1) is 11.5. The summed E-state index contributed by atoms with van der Waals surface area (Å²) in [5, 5.41) is 2.87. The highest BCUT2D eigenvalue weighted by Crippen LogP contribution is 2.15. The van der Waals surface area contributed by atoms with Gasteiger partial charge in [-0.05, 0) is 33.6 Å². The molecule has 0 aromatic rings. The highest BCUT2D eigenvalue weighted by atomic mass is 16.5. The molecule has 1 aliphatic rings. The van der Waals surface area contributed by atoms with Gasteiger partial charge in [0.05, 0.1) is 17.7 Å². The van der Waals surface area contributed by atoms with E-state index >= 15 is 0 Å². The molecule has 1 amide bonds. The van der Waals surface area contributed by atoms with Crippen molar-refractivity contribution in [3.8, 4) is 0 Å². The van der Waals surface area contributed by atoms with Crippen molar-refractivity contribution in [1.82, 2.24) is 5.32 Å². The van der Waals surface area contributed by atoms with Crippen LogP contribution in [0.15, 0.2) is 0 Å². The van der Waals surface area contributed by atoms with Crippen molar-refractivity contribution in [2.75, 3.05) is 6.61 Å². The summed E-state index contributed by atoms with van der Waals surface area (Å²) >= 11 is 0. The molecule has 0 aliphatic carbocycles. The number of ether oxygens (including phenoxy) is 1. The molecule has 0 aromatic carbocycles. The van der Waals surface area contributed by atoms with Gasteiger partial charge in [-0.15, -0.1) is 0 Å². The third kappa shape index (κ3) is 2.96. The first-order valence-electron chi connectivity index (χ1n) is 5.12. The summed E-state index contributed by atoms with van der Waals surface area (Å²) in [5.41, 5.74) is 4.86. The van der Waals surface area contributed by atoms with Gasteiger partial charge in [0.1, 0.15) is 0 Å². The van der Waals surface area contributed by atoms with Gasteiger partial charge in [-0.3, -0.25) is 4.79 Å². The lowest BCUT2D eigenvalue weighted by molar-refractivity contribution is -0.126. The molecule has 3 N–H and O–H groups in total. The lowest BCUT2D eigenvalue weighted by Crippen LogP contribution is -2.53. The van der Waals surface area contributed by atoms with Crippen molar-refractivity contribution in [3.63, 3.8) is 0 Å². The highest BCUT2D eigenvalue weighted by Gasteiger charge is 2.28. The predicted octanol–water partition coefficient (Wildman–Crippen LogP) is 0.407. The van der Waals surface area contributed by atoms with Gasteiger partial charge in [0.15, 0.2) is 0 Å². The summed E-state index contributed by atoms with van der Waals surface area (Å²) in [6, 6.07) is 0.0489. The summed E-state index contributed by atoms with van der Waals surface area (Å²) < 4.78 is 5.47. The van der Waals surface area contributed by atoms with E-state index in [-0.39, 0.29) is 18.1 Å². The Balaban J connectivity index is 2.39. The Hall–Kier alpha value is -0.610. The van der Waals surface area contributed by atoms with Crippen molar-refractivity contribution >= 4 is 5.91 Å². The van der Waals surface area contributed by atoms with Gasteiger partial charge in [0.2, 0.25) is 5.91 Å². The molecular weight excluding hydrogens is 180 g/mol. The molecule has 0 bridgehead atoms. The molecule has 1 saturated heterocycles. The van der Waals surface area contributed by atoms with Gasteiger partial charge in [-0.1, -0.05) is 0 Å². The Morgan fingerprint density at radius 2 is 2.29 bits per heavy atom. The molecule has 1 rings (SSSR count). The fourth-order valence-electron chi connectivity index (χ4n) is 1.48. The minimum Gasteiger partial charge on any atom is -0.376 e. The zero-order valence-corrected chi connectivity index (χ0v) is 9.17. The van der Waals surface area contributed by atoms with E-state index in [1.807, 2.05) is 6.92 Å². The van der Waals surface area contributed by atoms with Crippen LogP contribution in [0.25, 0.3) is 0 Å². The lowest BCUT2D eigenvalue weighted by Gasteiger charge is -2.25. The molecule has 4 heteroatoms. The SMILES string of the molecule is CC(NC(=O)C(C)(C)N)C1CCCO1. The lowest BCUT2D eigenvalue weighted by atomic mass is 10.0. The number of carbonyl (C=O) groups excluding carboxylic acids is 1. The molecule has 82 valence electrons. The molecule has 0 saturated carbocycles. The molecule has 1 aliphatic heterocycles. The summed E-state index contributed by atoms with van der Waals surface area (Å²) in [6.45, 7) is 6.16. The summed E-state index contributed by atoms with van der Waals surface area (Å²) in [5.74, 6) is -0.125. The maximum absolute atomic E-state index is 11.5. The third-order valence-corrected chi connectivity index (χ3v) is 2.47. The summed E-state index contributed by atoms with van der Waals surface area (Å²) in [6.07, 6.45) is 2.25. The molecule has 0 aromatic heterocycles. The Bertz CT molecular complexity index is 205. The van der Waals surface area contributed by atoms with Crippen LogP contribution in [-0.4, -0.2) is 30.2 Å². The van der Waals surface area contributed by atoms with E-state index in [4.69, 9.17) is 10.5 Å². The number of nitrogens with two attached hydrogens (primary N) is 1. The predicted molar refractivity (Wildman–Crippen MR) is 54.8 cm³/mol. The average molecular weight is 200 g/mol. The molecule has 4 nitrogen and oxygen atoms in total. The number of hydrogen-bond donors (Lipinski definition) is 2. The monoisotopic (exact) mass is 200 g/mol. The number of hydrogen-bond acceptors (Lipinski definition) is 3. The third-order valence-electron chi connectivity index (χ3n) is 2.47. The van der Waals surface area contributed by atoms with Crippen LogP contribution in [0.4, 0.5) is 0 Å². The zero-order chi connectivity index (χ0) is 10.8. The van der Waals surface area contributed by atoms with Crippen molar-refractivity contribution < 1.29 is 9.53 Å². The maximum Gasteiger partial charge on any atom is 0.239 e. The van der Waals surface area contributed by atoms with Gasteiger partial charge >= 0.3 is 0 Å². The van der Waals surface area contributed by atoms with E-state index < -0.39 is 5.54 Å². The van der Waals surface area contributed by atoms with Gasteiger partial charge in [-0.25, -0.2) is 0 Å². The van der Waals surface area contributed by atoms with Crippen molar-refractivity contribution in [3.05, 3.63) is 0 Å². The number of carbonyl (C=O) groups is 1. The Labute approximate surface area is 85.2 Å². The van der Waals surface area contributed by atoms with E-state index in [0.717, 1.165) is 19.4 Å². The molecule has 2 atom stereocenters. The topological polar surface area (TPSA) is 64.4 Å². The van der Waals surface area contributed by atoms with Crippen LogP contribution in [0, 0.1) is 0 Å². The summed E-state index contributed by atoms with van der Waals surface area (Å²) in [7, 11) is 0. The van der Waals surface area contributed by atoms with E-state index in [1.165, 1.54) is 0 Å². The van der Waals surface area contributed by atoms with Crippen molar-refractivity contribution in [1.29, 1.82) is 0 Å². The van der Waals surface area contributed by atoms with Gasteiger partial charge < -0.3 is 15.8 Å². The van der Waals surface area contributed by atoms with E-state index in [9.17, 15) is 4.79 Å². The van der Waals surface area contributed by atoms with Crippen LogP contribution >= 0.6 is 0 Å². The van der Waals surface area contributed by atoms with Crippen LogP contribution in [-0.2, 0) is 9.53 Å². The number of amides is 1. The minimum absolute atomic E-state index is 0.0489. The van der Waals surface area contributed by atoms with Crippen LogP contribution in [0.3, 0.4) is 0 Å². The second-order valence-electron chi connectivity index (χ2n) is 4.54. The second kappa shape index (κ2) is 4.28. The molecule has 14 heavy (non-hydrogen) atoms. The van der Waals surface area contributed by atoms with E-state index in [1.54, 1.807) is 13.8 Å². The van der Waals surface area contributed by atoms with Crippen LogP contribution < -0.4 is 11.1 Å². The fraction of sp³-hybridized carbons (Fsp3) is 0.900. The van der Waals surface area contributed by atoms with Gasteiger partial charge in [0.25, 0.3) is 0 Å². The van der Waals surface area contributed by atoms with Gasteiger partial charge in [0, 0.05) is 6.61 Å². The zero-order valence-electron chi connectivity index (χ0n) is 9.17. The molecule has 0 spiro atoms. The number of rotatable bonds is 3. The molecule has 2 unspecified atom stereocenters. The first-order chi connectivity index (χ1) is 6.41. The van der Waals surface area contributed by atoms with Crippen LogP contribution in [0.2, 0.25) is 0 Å². The molecule has 1 heterocycles. The molecule has 1 fully saturated rings. The van der Waals surface area contributed by atoms with Crippen molar-refractivity contribution in [2.24, 2.45) is 5.73 Å². The largest absolute Gasteiger partial charge is 0.376 e. The Morgan fingerprint density at radius 1 is 1.64 bits per heavy atom. The Kier molecular flexibility index (Phi) is 3.50. The second-order valence-corrected chi connectivity index (χ2v) is 4.54. The average Bonchev–Trinajstić information content (AvgIpc) is 2.53. The van der Waals surface area contributed by atoms with Crippen LogP contribution in [0.5, 0.6) is 0 Å². The number of nitrogens with one attached hydrogen (secondary N) is 1. The standard InChI is InChI=1S/C10H20N2O2/c1-7(8-5-4-6-14-8)12-9(13)10(2,3)11/h7-8H,4-6,11H2,1-3H3,(H,12,13). The maximum atomic E-state index is 11.5. The highest BCUT2D eigenvalue weighted by molar-refractivity contribution is 5.85. The first-order valence-corrected chi connectivity index (χ1v) is 5.12. The van der Waals surface area contributed by atoms with Gasteiger partial charge in [-0.2, -0.15) is 0 Å². The summed E-state index contributed by atoms with van der Waals surface area (Å²) in [4.78, 5) is 11.5. The van der Waals surface area contributed by atoms with E-state index in [2.05, 4.69) is 5.32 Å². The fourth-order valence-corrected chi connectivity index (χ4v) is 1.48. The minimum atomic E-state index is -0.813. The van der Waals surface area contributed by atoms with E-state index in [0.29, 0.717) is 0 Å². The quantitative estimate of drug-likeness (QED) is 0.693.